The van der Waals surface area contributed by atoms with Gasteiger partial charge in [-0.25, -0.2) is 0 Å². The van der Waals surface area contributed by atoms with Crippen LogP contribution in [0, 0.1) is 0 Å². The van der Waals surface area contributed by atoms with Crippen LogP contribution in [0.25, 0.3) is 0 Å². The highest BCUT2D eigenvalue weighted by molar-refractivity contribution is 4.89. The fourth-order valence-electron chi connectivity index (χ4n) is 2.07. The lowest BCUT2D eigenvalue weighted by Crippen LogP contribution is -2.59. The van der Waals surface area contributed by atoms with E-state index in [4.69, 9.17) is 19.7 Å². The molecule has 10 N–H and O–H groups in total. The van der Waals surface area contributed by atoms with Gasteiger partial charge in [0.2, 0.25) is 0 Å². The van der Waals surface area contributed by atoms with Gasteiger partial charge >= 0.3 is 0 Å². The monoisotopic (exact) mass is 360 g/mol. The van der Waals surface area contributed by atoms with E-state index in [1.54, 1.807) is 0 Å². The Balaban J connectivity index is 2.54. The SMILES string of the molecule is OC[C@@H](O)[C@@H](O)[C@H](O)[C@@H](O)[C@H](O)OCC1O[C@@H](O)C(O)[C@@H](O)[C@@H]1O. The Hall–Kier alpha value is -0.480. The van der Waals surface area contributed by atoms with Crippen molar-refractivity contribution < 1.29 is 60.5 Å². The average molecular weight is 360 g/mol. The molecule has 0 amide bonds. The molecule has 1 aliphatic heterocycles. The van der Waals surface area contributed by atoms with Crippen molar-refractivity contribution in [1.82, 2.24) is 0 Å². The van der Waals surface area contributed by atoms with Crippen LogP contribution in [0.3, 0.4) is 0 Å². The van der Waals surface area contributed by atoms with Crippen molar-refractivity contribution in [3.05, 3.63) is 0 Å². The van der Waals surface area contributed by atoms with E-state index in [0.29, 0.717) is 0 Å². The van der Waals surface area contributed by atoms with E-state index < -0.39 is 74.6 Å². The summed E-state index contributed by atoms with van der Waals surface area (Å²) in [6, 6.07) is 0. The fourth-order valence-corrected chi connectivity index (χ4v) is 2.07. The van der Waals surface area contributed by atoms with Crippen molar-refractivity contribution in [2.24, 2.45) is 0 Å². The summed E-state index contributed by atoms with van der Waals surface area (Å²) in [4.78, 5) is 0. The van der Waals surface area contributed by atoms with Crippen LogP contribution in [0.2, 0.25) is 0 Å². The summed E-state index contributed by atoms with van der Waals surface area (Å²) in [5.41, 5.74) is 0. The van der Waals surface area contributed by atoms with Crippen molar-refractivity contribution in [3.63, 3.8) is 0 Å². The number of hydrogen-bond acceptors (Lipinski definition) is 12. The van der Waals surface area contributed by atoms with Crippen molar-refractivity contribution in [1.29, 1.82) is 0 Å². The van der Waals surface area contributed by atoms with Crippen LogP contribution in [0.4, 0.5) is 0 Å². The summed E-state index contributed by atoms with van der Waals surface area (Å²) >= 11 is 0. The fraction of sp³-hybridized carbons (Fsp3) is 1.00. The molecule has 0 spiro atoms. The quantitative estimate of drug-likeness (QED) is 0.183. The van der Waals surface area contributed by atoms with Gasteiger partial charge in [0.05, 0.1) is 13.2 Å². The molecule has 12 nitrogen and oxygen atoms in total. The summed E-state index contributed by atoms with van der Waals surface area (Å²) in [7, 11) is 0. The molecule has 1 rings (SSSR count). The highest BCUT2D eigenvalue weighted by Gasteiger charge is 2.43. The summed E-state index contributed by atoms with van der Waals surface area (Å²) in [5.74, 6) is 0. The molecule has 2 unspecified atom stereocenters. The van der Waals surface area contributed by atoms with Crippen LogP contribution >= 0.6 is 0 Å². The Kier molecular flexibility index (Phi) is 8.34. The smallest absolute Gasteiger partial charge is 0.184 e. The first-order valence-corrected chi connectivity index (χ1v) is 7.12. The van der Waals surface area contributed by atoms with E-state index in [0.717, 1.165) is 0 Å². The predicted octanol–water partition coefficient (Wildman–Crippen LogP) is -6.44. The molecule has 144 valence electrons. The molecule has 1 heterocycles. The van der Waals surface area contributed by atoms with Gasteiger partial charge in [-0.15, -0.1) is 0 Å². The van der Waals surface area contributed by atoms with Crippen LogP contribution < -0.4 is 0 Å². The summed E-state index contributed by atoms with van der Waals surface area (Å²) in [6.07, 6.45) is -18.3. The number of rotatable bonds is 8. The third-order valence-electron chi connectivity index (χ3n) is 3.69. The maximum absolute atomic E-state index is 9.66. The first-order chi connectivity index (χ1) is 11.1. The third-order valence-corrected chi connectivity index (χ3v) is 3.69. The van der Waals surface area contributed by atoms with Crippen LogP contribution in [0.5, 0.6) is 0 Å². The lowest BCUT2D eigenvalue weighted by Gasteiger charge is -2.38. The molecule has 1 aliphatic rings. The van der Waals surface area contributed by atoms with Gasteiger partial charge < -0.3 is 60.5 Å². The van der Waals surface area contributed by atoms with Gasteiger partial charge in [-0.3, -0.25) is 0 Å². The van der Waals surface area contributed by atoms with E-state index in [-0.39, 0.29) is 0 Å². The molecular weight excluding hydrogens is 336 g/mol. The van der Waals surface area contributed by atoms with Gasteiger partial charge in [0.1, 0.15) is 48.8 Å². The normalized spacial score (nSPS) is 37.5. The van der Waals surface area contributed by atoms with Gasteiger partial charge in [0.15, 0.2) is 12.6 Å². The lowest BCUT2D eigenvalue weighted by molar-refractivity contribution is -0.300. The summed E-state index contributed by atoms with van der Waals surface area (Å²) < 4.78 is 9.50. The highest BCUT2D eigenvalue weighted by Crippen LogP contribution is 2.20. The van der Waals surface area contributed by atoms with Crippen LogP contribution in [0.15, 0.2) is 0 Å². The number of aliphatic hydroxyl groups is 10. The maximum Gasteiger partial charge on any atom is 0.184 e. The molecule has 1 fully saturated rings. The molecule has 0 radical (unpaired) electrons. The minimum atomic E-state index is -2.10. The molecule has 24 heavy (non-hydrogen) atoms. The minimum absolute atomic E-state index is 0.661. The third kappa shape index (κ3) is 5.01. The van der Waals surface area contributed by atoms with Gasteiger partial charge in [-0.05, 0) is 0 Å². The van der Waals surface area contributed by atoms with E-state index in [1.165, 1.54) is 0 Å². The number of hydrogen-bond donors (Lipinski definition) is 10. The van der Waals surface area contributed by atoms with Crippen molar-refractivity contribution in [3.8, 4) is 0 Å². The molecule has 0 aliphatic carbocycles. The second-order valence-corrected chi connectivity index (χ2v) is 5.48. The van der Waals surface area contributed by atoms with E-state index in [1.807, 2.05) is 0 Å². The molecule has 0 aromatic carbocycles. The second-order valence-electron chi connectivity index (χ2n) is 5.48. The lowest BCUT2D eigenvalue weighted by atomic mass is 9.99. The Bertz CT molecular complexity index is 370. The Morgan fingerprint density at radius 2 is 1.38 bits per heavy atom. The largest absolute Gasteiger partial charge is 0.394 e. The zero-order valence-electron chi connectivity index (χ0n) is 12.5. The molecule has 12 heteroatoms. The Morgan fingerprint density at radius 3 is 1.92 bits per heavy atom. The first kappa shape index (κ1) is 21.6. The topological polar surface area (TPSA) is 221 Å². The average Bonchev–Trinajstić information content (AvgIpc) is 2.58. The molecule has 1 saturated heterocycles. The molecular formula is C12H24O12. The molecule has 0 bridgehead atoms. The van der Waals surface area contributed by atoms with Gasteiger partial charge in [-0.1, -0.05) is 0 Å². The summed E-state index contributed by atoms with van der Waals surface area (Å²) in [6.45, 7) is -1.56. The second kappa shape index (κ2) is 9.28. The van der Waals surface area contributed by atoms with Crippen LogP contribution in [0.1, 0.15) is 0 Å². The van der Waals surface area contributed by atoms with Crippen molar-refractivity contribution >= 4 is 0 Å². The minimum Gasteiger partial charge on any atom is -0.394 e. The Labute approximate surface area is 136 Å². The molecule has 10 atom stereocenters. The van der Waals surface area contributed by atoms with Gasteiger partial charge in [-0.2, -0.15) is 0 Å². The maximum atomic E-state index is 9.66. The molecule has 0 aromatic heterocycles. The number of aliphatic hydroxyl groups excluding tert-OH is 10. The van der Waals surface area contributed by atoms with E-state index >= 15 is 0 Å². The zero-order valence-corrected chi connectivity index (χ0v) is 12.5. The van der Waals surface area contributed by atoms with Crippen molar-refractivity contribution in [2.75, 3.05) is 13.2 Å². The Morgan fingerprint density at radius 1 is 0.792 bits per heavy atom. The standard InChI is InChI=1S/C12H24O12/c13-1-3(14)5(15)7(17)9(19)11(21)23-2-4-6(16)8(18)10(20)12(22)24-4/h3-22H,1-2H2/t3-,4?,5-,6-,7+,8+,9-,10?,11-,12-/m1/s1. The number of ether oxygens (including phenoxy) is 2. The summed E-state index contributed by atoms with van der Waals surface area (Å²) in [5, 5.41) is 93.7. The van der Waals surface area contributed by atoms with Gasteiger partial charge in [0.25, 0.3) is 0 Å². The molecule has 0 aromatic rings. The van der Waals surface area contributed by atoms with Crippen LogP contribution in [-0.4, -0.2) is 126 Å². The highest BCUT2D eigenvalue weighted by atomic mass is 16.7. The van der Waals surface area contributed by atoms with Crippen LogP contribution in [-0.2, 0) is 9.47 Å². The van der Waals surface area contributed by atoms with Crippen molar-refractivity contribution in [2.45, 2.75) is 61.4 Å². The van der Waals surface area contributed by atoms with E-state index in [2.05, 4.69) is 0 Å². The molecule has 0 saturated carbocycles. The zero-order chi connectivity index (χ0) is 18.6. The van der Waals surface area contributed by atoms with Gasteiger partial charge in [0, 0.05) is 0 Å². The van der Waals surface area contributed by atoms with E-state index in [9.17, 15) is 40.9 Å². The predicted molar refractivity (Wildman–Crippen MR) is 72.0 cm³/mol. The first-order valence-electron chi connectivity index (χ1n) is 7.12.